The van der Waals surface area contributed by atoms with Crippen molar-refractivity contribution >= 4 is 11.6 Å². The number of piperidine rings is 1. The summed E-state index contributed by atoms with van der Waals surface area (Å²) in [5.74, 6) is 0.745. The largest absolute Gasteiger partial charge is 0.396 e. The van der Waals surface area contributed by atoms with Crippen LogP contribution in [-0.4, -0.2) is 33.7 Å². The Morgan fingerprint density at radius 2 is 2.50 bits per heavy atom. The first-order chi connectivity index (χ1) is 7.65. The fourth-order valence-corrected chi connectivity index (χ4v) is 2.12. The molecule has 2 rings (SSSR count). The molecule has 1 aromatic heterocycles. The number of amides is 1. The van der Waals surface area contributed by atoms with E-state index >= 15 is 0 Å². The van der Waals surface area contributed by atoms with Crippen molar-refractivity contribution in [3.63, 3.8) is 0 Å². The van der Waals surface area contributed by atoms with Crippen LogP contribution in [-0.2, 0) is 11.3 Å². The van der Waals surface area contributed by atoms with Crippen LogP contribution in [0.1, 0.15) is 19.8 Å². The maximum Gasteiger partial charge on any atom is 0.244 e. The molecule has 2 heterocycles. The number of hydrogen-bond donors (Lipinski definition) is 1. The molecule has 2 N–H and O–H groups in total. The van der Waals surface area contributed by atoms with E-state index in [-0.39, 0.29) is 5.91 Å². The van der Waals surface area contributed by atoms with E-state index in [0.29, 0.717) is 18.2 Å². The minimum atomic E-state index is 0.134. The van der Waals surface area contributed by atoms with Crippen LogP contribution in [0.4, 0.5) is 5.69 Å². The van der Waals surface area contributed by atoms with Gasteiger partial charge in [0.1, 0.15) is 6.54 Å². The number of carbonyl (C=O) groups is 1. The molecule has 0 aliphatic carbocycles. The van der Waals surface area contributed by atoms with Crippen LogP contribution in [0.5, 0.6) is 0 Å². The topological polar surface area (TPSA) is 64.2 Å². The molecule has 5 heteroatoms. The first-order valence-corrected chi connectivity index (χ1v) is 5.71. The zero-order chi connectivity index (χ0) is 11.5. The molecule has 0 spiro atoms. The second-order valence-corrected chi connectivity index (χ2v) is 4.56. The fraction of sp³-hybridized carbons (Fsp3) is 0.636. The van der Waals surface area contributed by atoms with Crippen molar-refractivity contribution in [3.8, 4) is 0 Å². The number of likely N-dealkylation sites (tertiary alicyclic amines) is 1. The Morgan fingerprint density at radius 1 is 1.69 bits per heavy atom. The van der Waals surface area contributed by atoms with Gasteiger partial charge in [0.25, 0.3) is 0 Å². The molecule has 5 nitrogen and oxygen atoms in total. The van der Waals surface area contributed by atoms with Gasteiger partial charge in [-0.1, -0.05) is 6.92 Å². The summed E-state index contributed by atoms with van der Waals surface area (Å²) in [6.45, 7) is 4.23. The second-order valence-electron chi connectivity index (χ2n) is 4.56. The standard InChI is InChI=1S/C11H18N4O/c1-9-3-2-4-14(6-9)11(16)8-15-7-10(12)5-13-15/h5,7,9H,2-4,6,8,12H2,1H3. The smallest absolute Gasteiger partial charge is 0.244 e. The van der Waals surface area contributed by atoms with E-state index in [0.717, 1.165) is 19.5 Å². The monoisotopic (exact) mass is 222 g/mol. The van der Waals surface area contributed by atoms with Gasteiger partial charge in [0.15, 0.2) is 0 Å². The predicted molar refractivity (Wildman–Crippen MR) is 61.6 cm³/mol. The van der Waals surface area contributed by atoms with Gasteiger partial charge in [0, 0.05) is 19.3 Å². The van der Waals surface area contributed by atoms with Crippen molar-refractivity contribution in [2.75, 3.05) is 18.8 Å². The van der Waals surface area contributed by atoms with Gasteiger partial charge in [-0.3, -0.25) is 9.48 Å². The molecule has 1 aliphatic heterocycles. The van der Waals surface area contributed by atoms with Gasteiger partial charge in [0.2, 0.25) is 5.91 Å². The minimum Gasteiger partial charge on any atom is -0.396 e. The average Bonchev–Trinajstić information content (AvgIpc) is 2.64. The molecular formula is C11H18N4O. The lowest BCUT2D eigenvalue weighted by molar-refractivity contribution is -0.133. The zero-order valence-corrected chi connectivity index (χ0v) is 9.59. The molecule has 0 bridgehead atoms. The third kappa shape index (κ3) is 2.53. The molecule has 0 saturated carbocycles. The lowest BCUT2D eigenvalue weighted by Gasteiger charge is -2.30. The molecule has 16 heavy (non-hydrogen) atoms. The van der Waals surface area contributed by atoms with Crippen LogP contribution in [0.25, 0.3) is 0 Å². The van der Waals surface area contributed by atoms with E-state index in [1.54, 1.807) is 17.1 Å². The van der Waals surface area contributed by atoms with Gasteiger partial charge in [-0.2, -0.15) is 5.10 Å². The molecule has 1 saturated heterocycles. The lowest BCUT2D eigenvalue weighted by atomic mass is 10.0. The van der Waals surface area contributed by atoms with E-state index in [1.165, 1.54) is 6.42 Å². The summed E-state index contributed by atoms with van der Waals surface area (Å²) in [6, 6.07) is 0. The van der Waals surface area contributed by atoms with Crippen LogP contribution in [0.15, 0.2) is 12.4 Å². The van der Waals surface area contributed by atoms with Gasteiger partial charge in [0.05, 0.1) is 11.9 Å². The van der Waals surface area contributed by atoms with E-state index in [4.69, 9.17) is 5.73 Å². The van der Waals surface area contributed by atoms with Crippen LogP contribution >= 0.6 is 0 Å². The Hall–Kier alpha value is -1.52. The van der Waals surface area contributed by atoms with E-state index in [1.807, 2.05) is 4.90 Å². The van der Waals surface area contributed by atoms with Crippen molar-refractivity contribution in [1.29, 1.82) is 0 Å². The SMILES string of the molecule is CC1CCCN(C(=O)Cn2cc(N)cn2)C1. The highest BCUT2D eigenvalue weighted by Gasteiger charge is 2.20. The molecule has 1 atom stereocenters. The summed E-state index contributed by atoms with van der Waals surface area (Å²) in [5.41, 5.74) is 6.14. The molecule has 1 amide bonds. The number of rotatable bonds is 2. The van der Waals surface area contributed by atoms with Crippen molar-refractivity contribution in [3.05, 3.63) is 12.4 Å². The fourth-order valence-electron chi connectivity index (χ4n) is 2.12. The highest BCUT2D eigenvalue weighted by molar-refractivity contribution is 5.76. The van der Waals surface area contributed by atoms with Crippen LogP contribution in [0, 0.1) is 5.92 Å². The summed E-state index contributed by atoms with van der Waals surface area (Å²) in [7, 11) is 0. The summed E-state index contributed by atoms with van der Waals surface area (Å²) in [4.78, 5) is 13.9. The number of anilines is 1. The quantitative estimate of drug-likeness (QED) is 0.802. The number of nitrogens with zero attached hydrogens (tertiary/aromatic N) is 3. The second kappa shape index (κ2) is 4.55. The summed E-state index contributed by atoms with van der Waals surface area (Å²) < 4.78 is 1.59. The third-order valence-corrected chi connectivity index (χ3v) is 2.96. The van der Waals surface area contributed by atoms with Gasteiger partial charge in [-0.05, 0) is 18.8 Å². The van der Waals surface area contributed by atoms with Crippen molar-refractivity contribution < 1.29 is 4.79 Å². The zero-order valence-electron chi connectivity index (χ0n) is 9.59. The normalized spacial score (nSPS) is 21.1. The van der Waals surface area contributed by atoms with Crippen LogP contribution in [0.3, 0.4) is 0 Å². The Bertz CT molecular complexity index is 374. The summed E-state index contributed by atoms with van der Waals surface area (Å²) in [5, 5.41) is 4.01. The Labute approximate surface area is 95.2 Å². The Balaban J connectivity index is 1.92. The molecule has 88 valence electrons. The van der Waals surface area contributed by atoms with Gasteiger partial charge >= 0.3 is 0 Å². The van der Waals surface area contributed by atoms with Gasteiger partial charge < -0.3 is 10.6 Å². The van der Waals surface area contributed by atoms with Crippen molar-refractivity contribution in [1.82, 2.24) is 14.7 Å². The molecule has 1 fully saturated rings. The number of nitrogen functional groups attached to an aromatic ring is 1. The first-order valence-electron chi connectivity index (χ1n) is 5.71. The van der Waals surface area contributed by atoms with Crippen LogP contribution < -0.4 is 5.73 Å². The summed E-state index contributed by atoms with van der Waals surface area (Å²) >= 11 is 0. The van der Waals surface area contributed by atoms with Gasteiger partial charge in [-0.25, -0.2) is 0 Å². The highest BCUT2D eigenvalue weighted by Crippen LogP contribution is 2.15. The third-order valence-electron chi connectivity index (χ3n) is 2.96. The maximum absolute atomic E-state index is 11.9. The number of hydrogen-bond acceptors (Lipinski definition) is 3. The molecule has 0 aromatic carbocycles. The average molecular weight is 222 g/mol. The molecule has 1 aliphatic rings. The highest BCUT2D eigenvalue weighted by atomic mass is 16.2. The van der Waals surface area contributed by atoms with E-state index in [9.17, 15) is 4.79 Å². The first kappa shape index (κ1) is 11.0. The molecule has 0 radical (unpaired) electrons. The maximum atomic E-state index is 11.9. The Kier molecular flexibility index (Phi) is 3.12. The molecule has 1 aromatic rings. The van der Waals surface area contributed by atoms with Gasteiger partial charge in [-0.15, -0.1) is 0 Å². The molecular weight excluding hydrogens is 204 g/mol. The predicted octanol–water partition coefficient (Wildman–Crippen LogP) is 0.724. The number of carbonyl (C=O) groups excluding carboxylic acids is 1. The summed E-state index contributed by atoms with van der Waals surface area (Å²) in [6.07, 6.45) is 5.57. The minimum absolute atomic E-state index is 0.134. The van der Waals surface area contributed by atoms with Crippen LogP contribution in [0.2, 0.25) is 0 Å². The lowest BCUT2D eigenvalue weighted by Crippen LogP contribution is -2.40. The van der Waals surface area contributed by atoms with E-state index in [2.05, 4.69) is 12.0 Å². The van der Waals surface area contributed by atoms with Crippen molar-refractivity contribution in [2.24, 2.45) is 5.92 Å². The number of nitrogens with two attached hydrogens (primary N) is 1. The van der Waals surface area contributed by atoms with E-state index < -0.39 is 0 Å². The van der Waals surface area contributed by atoms with Crippen molar-refractivity contribution in [2.45, 2.75) is 26.3 Å². The number of aromatic nitrogens is 2. The molecule has 1 unspecified atom stereocenters. The Morgan fingerprint density at radius 3 is 3.12 bits per heavy atom.